The third kappa shape index (κ3) is 16.2. The van der Waals surface area contributed by atoms with E-state index in [0.717, 1.165) is 75.6 Å². The number of benzene rings is 1. The van der Waals surface area contributed by atoms with Gasteiger partial charge in [0, 0.05) is 24.2 Å². The van der Waals surface area contributed by atoms with Gasteiger partial charge >= 0.3 is 11.9 Å². The Morgan fingerprint density at radius 3 is 1.91 bits per heavy atom. The fourth-order valence-corrected chi connectivity index (χ4v) is 10.2. The lowest BCUT2D eigenvalue weighted by Crippen LogP contribution is -2.25. The van der Waals surface area contributed by atoms with Gasteiger partial charge < -0.3 is 23.5 Å². The number of nitrogens with one attached hydrogen (secondary N) is 1. The molecule has 15 nitrogen and oxygen atoms in total. The van der Waals surface area contributed by atoms with E-state index in [2.05, 4.69) is 30.2 Å². The van der Waals surface area contributed by atoms with Crippen molar-refractivity contribution >= 4 is 22.1 Å². The van der Waals surface area contributed by atoms with Crippen molar-refractivity contribution in [2.45, 2.75) is 198 Å². The predicted octanol–water partition coefficient (Wildman–Crippen LogP) is 10.3. The number of hydrogen-bond donors (Lipinski definition) is 1. The third-order valence-electron chi connectivity index (χ3n) is 12.2. The molecule has 2 aliphatic rings. The summed E-state index contributed by atoms with van der Waals surface area (Å²) < 4.78 is 54.5. The molecule has 64 heavy (non-hydrogen) atoms. The topological polar surface area (TPSA) is 202 Å². The average molecular weight is 907 g/mol. The normalized spacial score (nSPS) is 18.7. The highest BCUT2D eigenvalue weighted by Crippen LogP contribution is 2.37. The molecule has 16 heteroatoms. The summed E-state index contributed by atoms with van der Waals surface area (Å²) in [5, 5.41) is 8.18. The van der Waals surface area contributed by atoms with Crippen LogP contribution in [0.4, 0.5) is 0 Å². The summed E-state index contributed by atoms with van der Waals surface area (Å²) in [6.07, 6.45) is 21.2. The van der Waals surface area contributed by atoms with Gasteiger partial charge in [0.25, 0.3) is 10.1 Å². The monoisotopic (exact) mass is 906 g/mol. The van der Waals surface area contributed by atoms with Crippen LogP contribution in [0.15, 0.2) is 50.6 Å². The Bertz CT molecular complexity index is 2150. The van der Waals surface area contributed by atoms with Crippen LogP contribution in [-0.4, -0.2) is 61.8 Å². The first kappa shape index (κ1) is 49.0. The number of rotatable bonds is 22. The Labute approximate surface area is 379 Å². The van der Waals surface area contributed by atoms with Crippen molar-refractivity contribution in [3.8, 4) is 0 Å². The van der Waals surface area contributed by atoms with Gasteiger partial charge in [-0.15, -0.1) is 0 Å². The van der Waals surface area contributed by atoms with E-state index in [1.54, 1.807) is 24.5 Å². The Morgan fingerprint density at radius 2 is 1.31 bits per heavy atom. The highest BCUT2D eigenvalue weighted by molar-refractivity contribution is 7.86. The van der Waals surface area contributed by atoms with E-state index in [1.807, 2.05) is 53.7 Å². The zero-order valence-corrected chi connectivity index (χ0v) is 39.6. The second-order valence-corrected chi connectivity index (χ2v) is 21.7. The molecule has 2 saturated carbocycles. The number of nitrogens with zero attached hydrogens (tertiary/aromatic N) is 5. The van der Waals surface area contributed by atoms with E-state index >= 15 is 0 Å². The van der Waals surface area contributed by atoms with E-state index in [-0.39, 0.29) is 53.9 Å². The standard InChI is InChI=1S/C48H70N6O9S/c1-47(2,3)60-43(55)29-37(45-51-41(53-62-45)31-40-49-25-26-50-40)20-12-17-34-16-10-18-36(27-34)28-35-21-23-39(24-22-35)64(57,58)59-32-42-52-46(63-54-42)38(30-44(56)61-48(4,5)6)19-11-15-33-13-8-7-9-14-33/h21-26,33-34,36-38H,7-20,27-32H2,1-6H3,(H,49,50)/t34?,36?,37-,38-/m1/s1. The number of imidazole rings is 1. The summed E-state index contributed by atoms with van der Waals surface area (Å²) in [5.41, 5.74) is -0.133. The smallest absolute Gasteiger partial charge is 0.307 e. The van der Waals surface area contributed by atoms with Crippen molar-refractivity contribution in [2.75, 3.05) is 0 Å². The second-order valence-electron chi connectivity index (χ2n) is 20.1. The zero-order valence-electron chi connectivity index (χ0n) is 38.8. The van der Waals surface area contributed by atoms with Gasteiger partial charge in [-0.3, -0.25) is 13.8 Å². The van der Waals surface area contributed by atoms with Gasteiger partial charge in [-0.1, -0.05) is 99.5 Å². The molecule has 3 heterocycles. The van der Waals surface area contributed by atoms with Crippen LogP contribution in [0, 0.1) is 17.8 Å². The first-order valence-corrected chi connectivity index (χ1v) is 24.9. The highest BCUT2D eigenvalue weighted by Gasteiger charge is 2.30. The van der Waals surface area contributed by atoms with Crippen molar-refractivity contribution in [1.29, 1.82) is 0 Å². The van der Waals surface area contributed by atoms with Gasteiger partial charge in [-0.25, -0.2) is 4.98 Å². The molecule has 2 aliphatic carbocycles. The zero-order chi connectivity index (χ0) is 45.7. The van der Waals surface area contributed by atoms with Crippen molar-refractivity contribution in [3.63, 3.8) is 0 Å². The lowest BCUT2D eigenvalue weighted by Gasteiger charge is -2.29. The second kappa shape index (κ2) is 22.6. The Morgan fingerprint density at radius 1 is 0.750 bits per heavy atom. The largest absolute Gasteiger partial charge is 0.460 e. The van der Waals surface area contributed by atoms with Gasteiger partial charge in [0.1, 0.15) is 23.6 Å². The number of hydrogen-bond acceptors (Lipinski definition) is 14. The molecule has 0 radical (unpaired) electrons. The summed E-state index contributed by atoms with van der Waals surface area (Å²) in [7, 11) is -4.10. The Kier molecular flexibility index (Phi) is 17.3. The first-order valence-electron chi connectivity index (χ1n) is 23.5. The molecule has 0 saturated heterocycles. The van der Waals surface area contributed by atoms with Crippen LogP contribution in [0.3, 0.4) is 0 Å². The number of aromatic amines is 1. The minimum Gasteiger partial charge on any atom is -0.460 e. The van der Waals surface area contributed by atoms with Gasteiger partial charge in [-0.2, -0.15) is 18.4 Å². The number of carbonyl (C=O) groups is 2. The Hall–Kier alpha value is -4.44. The molecule has 2 fully saturated rings. The molecule has 2 unspecified atom stereocenters. The van der Waals surface area contributed by atoms with Crippen LogP contribution in [0.1, 0.15) is 197 Å². The molecule has 4 aromatic rings. The van der Waals surface area contributed by atoms with Crippen LogP contribution < -0.4 is 0 Å². The summed E-state index contributed by atoms with van der Waals surface area (Å²) in [5.74, 6) is 2.64. The number of aromatic nitrogens is 6. The molecular formula is C48H70N6O9S. The fraction of sp³-hybridized carbons (Fsp3) is 0.688. The van der Waals surface area contributed by atoms with Gasteiger partial charge in [0.15, 0.2) is 11.6 Å². The van der Waals surface area contributed by atoms with E-state index < -0.39 is 21.3 Å². The van der Waals surface area contributed by atoms with E-state index in [4.69, 9.17) is 22.7 Å². The molecule has 3 aromatic heterocycles. The minimum absolute atomic E-state index is 0.0577. The van der Waals surface area contributed by atoms with Crippen molar-refractivity contribution in [2.24, 2.45) is 17.8 Å². The maximum absolute atomic E-state index is 13.3. The molecule has 1 aromatic carbocycles. The summed E-state index contributed by atoms with van der Waals surface area (Å²) in [6.45, 7) is 10.7. The van der Waals surface area contributed by atoms with E-state index in [9.17, 15) is 18.0 Å². The van der Waals surface area contributed by atoms with Crippen molar-refractivity contribution in [1.82, 2.24) is 30.2 Å². The molecule has 1 N–H and O–H groups in total. The molecule has 4 atom stereocenters. The maximum atomic E-state index is 13.3. The minimum atomic E-state index is -4.10. The lowest BCUT2D eigenvalue weighted by atomic mass is 9.76. The molecule has 0 amide bonds. The number of H-pyrrole nitrogens is 1. The molecule has 0 spiro atoms. The van der Waals surface area contributed by atoms with Crippen molar-refractivity contribution in [3.05, 3.63) is 71.5 Å². The average Bonchev–Trinajstić information content (AvgIpc) is 4.03. The van der Waals surface area contributed by atoms with Gasteiger partial charge in [0.05, 0.1) is 24.2 Å². The van der Waals surface area contributed by atoms with E-state index in [0.29, 0.717) is 48.2 Å². The fourth-order valence-electron chi connectivity index (χ4n) is 9.29. The molecule has 0 bridgehead atoms. The van der Waals surface area contributed by atoms with Crippen LogP contribution in [0.2, 0.25) is 0 Å². The predicted molar refractivity (Wildman–Crippen MR) is 238 cm³/mol. The number of esters is 2. The molecular weight excluding hydrogens is 837 g/mol. The highest BCUT2D eigenvalue weighted by atomic mass is 32.2. The molecule has 6 rings (SSSR count). The van der Waals surface area contributed by atoms with Gasteiger partial charge in [-0.05, 0) is 103 Å². The van der Waals surface area contributed by atoms with Crippen molar-refractivity contribution < 1.29 is 40.7 Å². The van der Waals surface area contributed by atoms with Crippen LogP contribution in [0.25, 0.3) is 0 Å². The maximum Gasteiger partial charge on any atom is 0.307 e. The van der Waals surface area contributed by atoms with Crippen LogP contribution >= 0.6 is 0 Å². The first-order chi connectivity index (χ1) is 30.5. The summed E-state index contributed by atoms with van der Waals surface area (Å²) in [4.78, 5) is 42.2. The summed E-state index contributed by atoms with van der Waals surface area (Å²) >= 11 is 0. The summed E-state index contributed by atoms with van der Waals surface area (Å²) in [6, 6.07) is 6.93. The number of carbonyl (C=O) groups excluding carboxylic acids is 2. The van der Waals surface area contributed by atoms with Crippen LogP contribution in [-0.2, 0) is 52.8 Å². The Balaban J connectivity index is 0.978. The van der Waals surface area contributed by atoms with Gasteiger partial charge in [0.2, 0.25) is 11.8 Å². The van der Waals surface area contributed by atoms with E-state index in [1.165, 1.54) is 32.1 Å². The molecule has 352 valence electrons. The van der Waals surface area contributed by atoms with Crippen LogP contribution in [0.5, 0.6) is 0 Å². The third-order valence-corrected chi connectivity index (χ3v) is 13.5. The number of ether oxygens (including phenoxy) is 2. The molecule has 0 aliphatic heterocycles. The lowest BCUT2D eigenvalue weighted by molar-refractivity contribution is -0.156. The SMILES string of the molecule is CC(C)(C)OC(=O)C[C@@H](CCCC1CCCCC1)c1nc(COS(=O)(=O)c2ccc(CC3CCCC(CCC[C@H](CC(=O)OC(C)(C)C)c4nc(Cc5ncc[nH]5)no4)C3)cc2)no1. The quantitative estimate of drug-likeness (QED) is 0.0576.